The molecule has 0 aliphatic heterocycles. The molecule has 2 aromatic carbocycles. The fourth-order valence-corrected chi connectivity index (χ4v) is 1.93. The number of rotatable bonds is 2. The minimum absolute atomic E-state index is 0.231. The van der Waals surface area contributed by atoms with Crippen molar-refractivity contribution in [1.29, 1.82) is 0 Å². The lowest BCUT2D eigenvalue weighted by atomic mass is 10.1. The SMILES string of the molecule is Oc1ccc2ccc(Oc3ccc(Cl)cn3)cc2c1. The summed E-state index contributed by atoms with van der Waals surface area (Å²) in [4.78, 5) is 4.07. The molecule has 0 saturated carbocycles. The summed E-state index contributed by atoms with van der Waals surface area (Å²) >= 11 is 5.76. The van der Waals surface area contributed by atoms with E-state index in [0.717, 1.165) is 10.8 Å². The van der Waals surface area contributed by atoms with Crippen LogP contribution in [0, 0.1) is 0 Å². The Morgan fingerprint density at radius 1 is 0.947 bits per heavy atom. The van der Waals surface area contributed by atoms with E-state index in [1.54, 1.807) is 24.3 Å². The van der Waals surface area contributed by atoms with Crippen LogP contribution in [0.5, 0.6) is 17.4 Å². The highest BCUT2D eigenvalue weighted by Gasteiger charge is 2.01. The predicted molar refractivity (Wildman–Crippen MR) is 74.9 cm³/mol. The summed E-state index contributed by atoms with van der Waals surface area (Å²) in [5, 5.41) is 12.0. The standard InChI is InChI=1S/C15H10ClNO2/c16-12-3-6-15(17-9-12)19-14-5-2-10-1-4-13(18)7-11(10)8-14/h1-9,18H. The molecule has 0 aliphatic carbocycles. The van der Waals surface area contributed by atoms with Gasteiger partial charge in [0.05, 0.1) is 5.02 Å². The Hall–Kier alpha value is -2.26. The third kappa shape index (κ3) is 2.61. The Kier molecular flexibility index (Phi) is 2.97. The lowest BCUT2D eigenvalue weighted by Gasteiger charge is -2.06. The van der Waals surface area contributed by atoms with Gasteiger partial charge in [-0.2, -0.15) is 0 Å². The number of hydrogen-bond acceptors (Lipinski definition) is 3. The number of fused-ring (bicyclic) bond motifs is 1. The van der Waals surface area contributed by atoms with Gasteiger partial charge in [-0.3, -0.25) is 0 Å². The molecule has 1 N–H and O–H groups in total. The number of pyridine rings is 1. The summed E-state index contributed by atoms with van der Waals surface area (Å²) in [5.41, 5.74) is 0. The maximum absolute atomic E-state index is 9.47. The Bertz CT molecular complexity index is 726. The van der Waals surface area contributed by atoms with Gasteiger partial charge in [-0.1, -0.05) is 23.7 Å². The van der Waals surface area contributed by atoms with Crippen molar-refractivity contribution in [1.82, 2.24) is 4.98 Å². The Morgan fingerprint density at radius 2 is 1.79 bits per heavy atom. The lowest BCUT2D eigenvalue weighted by molar-refractivity contribution is 0.463. The Labute approximate surface area is 115 Å². The first-order valence-electron chi connectivity index (χ1n) is 5.73. The summed E-state index contributed by atoms with van der Waals surface area (Å²) in [5.74, 6) is 1.37. The first-order valence-corrected chi connectivity index (χ1v) is 6.11. The van der Waals surface area contributed by atoms with Crippen LogP contribution in [0.2, 0.25) is 5.02 Å². The smallest absolute Gasteiger partial charge is 0.219 e. The van der Waals surface area contributed by atoms with E-state index >= 15 is 0 Å². The molecule has 94 valence electrons. The van der Waals surface area contributed by atoms with E-state index in [4.69, 9.17) is 16.3 Å². The summed E-state index contributed by atoms with van der Waals surface area (Å²) in [7, 11) is 0. The van der Waals surface area contributed by atoms with E-state index < -0.39 is 0 Å². The second-order valence-corrected chi connectivity index (χ2v) is 4.55. The van der Waals surface area contributed by atoms with Gasteiger partial charge in [0, 0.05) is 12.3 Å². The molecule has 0 radical (unpaired) electrons. The van der Waals surface area contributed by atoms with Crippen LogP contribution in [0.25, 0.3) is 10.8 Å². The Morgan fingerprint density at radius 3 is 2.58 bits per heavy atom. The van der Waals surface area contributed by atoms with E-state index in [9.17, 15) is 5.11 Å². The number of hydrogen-bond donors (Lipinski definition) is 1. The summed E-state index contributed by atoms with van der Waals surface area (Å²) in [6, 6.07) is 14.3. The van der Waals surface area contributed by atoms with Crippen LogP contribution in [-0.4, -0.2) is 10.1 Å². The monoisotopic (exact) mass is 271 g/mol. The number of nitrogens with zero attached hydrogens (tertiary/aromatic N) is 1. The molecule has 0 unspecified atom stereocenters. The van der Waals surface area contributed by atoms with Crippen LogP contribution >= 0.6 is 11.6 Å². The van der Waals surface area contributed by atoms with Crippen molar-refractivity contribution < 1.29 is 9.84 Å². The molecule has 3 nitrogen and oxygen atoms in total. The van der Waals surface area contributed by atoms with Gasteiger partial charge in [0.2, 0.25) is 5.88 Å². The lowest BCUT2D eigenvalue weighted by Crippen LogP contribution is -1.87. The highest BCUT2D eigenvalue weighted by molar-refractivity contribution is 6.30. The number of phenolic OH excluding ortho intramolecular Hbond substituents is 1. The van der Waals surface area contributed by atoms with Gasteiger partial charge in [0.25, 0.3) is 0 Å². The maximum Gasteiger partial charge on any atom is 0.219 e. The van der Waals surface area contributed by atoms with Crippen LogP contribution in [0.3, 0.4) is 0 Å². The van der Waals surface area contributed by atoms with Crippen molar-refractivity contribution in [2.24, 2.45) is 0 Å². The zero-order valence-corrected chi connectivity index (χ0v) is 10.6. The van der Waals surface area contributed by atoms with Crippen LogP contribution in [0.1, 0.15) is 0 Å². The highest BCUT2D eigenvalue weighted by Crippen LogP contribution is 2.27. The largest absolute Gasteiger partial charge is 0.508 e. The molecule has 1 aromatic heterocycles. The van der Waals surface area contributed by atoms with Crippen molar-refractivity contribution >= 4 is 22.4 Å². The van der Waals surface area contributed by atoms with Gasteiger partial charge in [-0.05, 0) is 41.1 Å². The van der Waals surface area contributed by atoms with Crippen molar-refractivity contribution in [3.8, 4) is 17.4 Å². The minimum atomic E-state index is 0.231. The highest BCUT2D eigenvalue weighted by atomic mass is 35.5. The average molecular weight is 272 g/mol. The fourth-order valence-electron chi connectivity index (χ4n) is 1.82. The molecule has 4 heteroatoms. The van der Waals surface area contributed by atoms with E-state index in [1.807, 2.05) is 24.3 Å². The van der Waals surface area contributed by atoms with Crippen molar-refractivity contribution in [2.75, 3.05) is 0 Å². The zero-order chi connectivity index (χ0) is 13.2. The van der Waals surface area contributed by atoms with Crippen molar-refractivity contribution in [2.45, 2.75) is 0 Å². The van der Waals surface area contributed by atoms with E-state index in [2.05, 4.69) is 4.98 Å². The third-order valence-corrected chi connectivity index (χ3v) is 2.94. The van der Waals surface area contributed by atoms with Gasteiger partial charge in [0.1, 0.15) is 11.5 Å². The van der Waals surface area contributed by atoms with Gasteiger partial charge < -0.3 is 9.84 Å². The molecular weight excluding hydrogens is 262 g/mol. The summed E-state index contributed by atoms with van der Waals surface area (Å²) in [6.07, 6.45) is 1.53. The van der Waals surface area contributed by atoms with Gasteiger partial charge >= 0.3 is 0 Å². The number of phenols is 1. The van der Waals surface area contributed by atoms with Crippen LogP contribution in [-0.2, 0) is 0 Å². The van der Waals surface area contributed by atoms with E-state index in [0.29, 0.717) is 16.7 Å². The quantitative estimate of drug-likeness (QED) is 0.752. The van der Waals surface area contributed by atoms with E-state index in [1.165, 1.54) is 6.20 Å². The number of benzene rings is 2. The van der Waals surface area contributed by atoms with Gasteiger partial charge in [-0.15, -0.1) is 0 Å². The molecule has 0 spiro atoms. The van der Waals surface area contributed by atoms with Crippen LogP contribution in [0.4, 0.5) is 0 Å². The molecular formula is C15H10ClNO2. The third-order valence-electron chi connectivity index (χ3n) is 2.72. The topological polar surface area (TPSA) is 42.4 Å². The molecule has 0 atom stereocenters. The minimum Gasteiger partial charge on any atom is -0.508 e. The molecule has 3 aromatic rings. The van der Waals surface area contributed by atoms with Gasteiger partial charge in [-0.25, -0.2) is 4.98 Å². The maximum atomic E-state index is 9.47. The average Bonchev–Trinajstić information content (AvgIpc) is 2.41. The van der Waals surface area contributed by atoms with Crippen LogP contribution < -0.4 is 4.74 Å². The van der Waals surface area contributed by atoms with Crippen molar-refractivity contribution in [3.63, 3.8) is 0 Å². The van der Waals surface area contributed by atoms with Gasteiger partial charge in [0.15, 0.2) is 0 Å². The molecule has 0 bridgehead atoms. The van der Waals surface area contributed by atoms with Crippen molar-refractivity contribution in [3.05, 3.63) is 59.8 Å². The molecule has 0 saturated heterocycles. The molecule has 0 aliphatic rings. The van der Waals surface area contributed by atoms with Crippen LogP contribution in [0.15, 0.2) is 54.7 Å². The summed E-state index contributed by atoms with van der Waals surface area (Å²) < 4.78 is 5.63. The first kappa shape index (κ1) is 11.8. The predicted octanol–water partition coefficient (Wildman–Crippen LogP) is 4.39. The zero-order valence-electron chi connectivity index (χ0n) is 9.88. The Balaban J connectivity index is 1.94. The first-order chi connectivity index (χ1) is 9.20. The number of ether oxygens (including phenoxy) is 1. The fraction of sp³-hybridized carbons (Fsp3) is 0. The van der Waals surface area contributed by atoms with E-state index in [-0.39, 0.29) is 5.75 Å². The molecule has 1 heterocycles. The molecule has 3 rings (SSSR count). The second-order valence-electron chi connectivity index (χ2n) is 4.11. The number of aromatic nitrogens is 1. The molecule has 19 heavy (non-hydrogen) atoms. The normalized spacial score (nSPS) is 10.6. The molecule has 0 fully saturated rings. The second kappa shape index (κ2) is 4.78. The number of halogens is 1. The number of aromatic hydroxyl groups is 1. The molecule has 0 amide bonds. The summed E-state index contributed by atoms with van der Waals surface area (Å²) in [6.45, 7) is 0.